The van der Waals surface area contributed by atoms with E-state index in [4.69, 9.17) is 10.5 Å². The van der Waals surface area contributed by atoms with E-state index in [1.807, 2.05) is 24.3 Å². The summed E-state index contributed by atoms with van der Waals surface area (Å²) in [7, 11) is 1.57. The van der Waals surface area contributed by atoms with Crippen molar-refractivity contribution in [3.8, 4) is 0 Å². The summed E-state index contributed by atoms with van der Waals surface area (Å²) in [6.07, 6.45) is 1.65. The molecule has 100 valence electrons. The van der Waals surface area contributed by atoms with Crippen LogP contribution in [0, 0.1) is 0 Å². The van der Waals surface area contributed by atoms with Crippen LogP contribution in [0.3, 0.4) is 0 Å². The first kappa shape index (κ1) is 13.7. The van der Waals surface area contributed by atoms with Gasteiger partial charge in [-0.3, -0.25) is 4.79 Å². The van der Waals surface area contributed by atoms with E-state index >= 15 is 0 Å². The maximum absolute atomic E-state index is 11.7. The van der Waals surface area contributed by atoms with Gasteiger partial charge in [-0.25, -0.2) is 4.68 Å². The van der Waals surface area contributed by atoms with E-state index in [0.29, 0.717) is 12.3 Å². The van der Waals surface area contributed by atoms with Crippen molar-refractivity contribution in [1.29, 1.82) is 0 Å². The van der Waals surface area contributed by atoms with Gasteiger partial charge in [-0.2, -0.15) is 0 Å². The van der Waals surface area contributed by atoms with E-state index in [2.05, 4.69) is 26.2 Å². The SMILES string of the molecule is COCc1cn(C(C(N)=O)c2cccc(Br)c2)nn1. The summed E-state index contributed by atoms with van der Waals surface area (Å²) in [5.41, 5.74) is 6.85. The zero-order chi connectivity index (χ0) is 13.8. The summed E-state index contributed by atoms with van der Waals surface area (Å²) in [5.74, 6) is -0.494. The molecule has 0 radical (unpaired) electrons. The lowest BCUT2D eigenvalue weighted by Crippen LogP contribution is -2.28. The highest BCUT2D eigenvalue weighted by Gasteiger charge is 2.21. The number of hydrogen-bond acceptors (Lipinski definition) is 4. The molecule has 0 aliphatic heterocycles. The molecule has 0 aliphatic rings. The van der Waals surface area contributed by atoms with Crippen LogP contribution >= 0.6 is 15.9 Å². The molecule has 2 aromatic rings. The molecule has 0 bridgehead atoms. The van der Waals surface area contributed by atoms with E-state index in [1.165, 1.54) is 4.68 Å². The Hall–Kier alpha value is -1.73. The predicted molar refractivity (Wildman–Crippen MR) is 72.2 cm³/mol. The fraction of sp³-hybridized carbons (Fsp3) is 0.250. The number of nitrogens with two attached hydrogens (primary N) is 1. The second-order valence-electron chi connectivity index (χ2n) is 3.98. The van der Waals surface area contributed by atoms with Gasteiger partial charge >= 0.3 is 0 Å². The highest BCUT2D eigenvalue weighted by molar-refractivity contribution is 9.10. The molecule has 7 heteroatoms. The van der Waals surface area contributed by atoms with Crippen molar-refractivity contribution >= 4 is 21.8 Å². The van der Waals surface area contributed by atoms with Crippen LogP contribution in [0.4, 0.5) is 0 Å². The lowest BCUT2D eigenvalue weighted by atomic mass is 10.1. The van der Waals surface area contributed by atoms with Gasteiger partial charge in [0.2, 0.25) is 5.91 Å². The number of nitrogens with zero attached hydrogens (tertiary/aromatic N) is 3. The van der Waals surface area contributed by atoms with Crippen molar-refractivity contribution < 1.29 is 9.53 Å². The minimum atomic E-state index is -0.685. The van der Waals surface area contributed by atoms with E-state index in [9.17, 15) is 4.79 Å². The molecular formula is C12H13BrN4O2. The topological polar surface area (TPSA) is 83.0 Å². The predicted octanol–water partition coefficient (Wildman–Crippen LogP) is 1.26. The lowest BCUT2D eigenvalue weighted by molar-refractivity contribution is -0.120. The number of ether oxygens (including phenoxy) is 1. The molecule has 1 unspecified atom stereocenters. The number of hydrogen-bond donors (Lipinski definition) is 1. The summed E-state index contributed by atoms with van der Waals surface area (Å²) < 4.78 is 7.28. The molecule has 6 nitrogen and oxygen atoms in total. The van der Waals surface area contributed by atoms with Gasteiger partial charge in [0.25, 0.3) is 0 Å². The Bertz CT molecular complexity index is 585. The van der Waals surface area contributed by atoms with E-state index in [-0.39, 0.29) is 0 Å². The van der Waals surface area contributed by atoms with Gasteiger partial charge in [0.15, 0.2) is 6.04 Å². The molecule has 1 aromatic carbocycles. The normalized spacial score (nSPS) is 12.3. The van der Waals surface area contributed by atoms with Gasteiger partial charge < -0.3 is 10.5 Å². The number of primary amides is 1. The standard InChI is InChI=1S/C12H13BrN4O2/c1-19-7-10-6-17(16-15-10)11(12(14)18)8-3-2-4-9(13)5-8/h2-6,11H,7H2,1H3,(H2,14,18). The fourth-order valence-electron chi connectivity index (χ4n) is 1.78. The van der Waals surface area contributed by atoms with Crippen LogP contribution in [0.25, 0.3) is 0 Å². The number of aromatic nitrogens is 3. The number of rotatable bonds is 5. The van der Waals surface area contributed by atoms with Crippen LogP contribution in [0.15, 0.2) is 34.9 Å². The zero-order valence-corrected chi connectivity index (χ0v) is 11.9. The third-order valence-electron chi connectivity index (χ3n) is 2.55. The van der Waals surface area contributed by atoms with E-state index < -0.39 is 11.9 Å². The van der Waals surface area contributed by atoms with Gasteiger partial charge in [0, 0.05) is 11.6 Å². The number of benzene rings is 1. The molecule has 1 amide bonds. The number of carbonyl (C=O) groups excluding carboxylic acids is 1. The van der Waals surface area contributed by atoms with Crippen LogP contribution in [-0.4, -0.2) is 28.0 Å². The number of methoxy groups -OCH3 is 1. The Morgan fingerprint density at radius 1 is 1.58 bits per heavy atom. The summed E-state index contributed by atoms with van der Waals surface area (Å²) >= 11 is 3.36. The molecule has 0 aliphatic carbocycles. The van der Waals surface area contributed by atoms with Gasteiger partial charge in [0.05, 0.1) is 12.8 Å². The zero-order valence-electron chi connectivity index (χ0n) is 10.3. The minimum Gasteiger partial charge on any atom is -0.378 e. The largest absolute Gasteiger partial charge is 0.378 e. The Morgan fingerprint density at radius 2 is 2.37 bits per heavy atom. The molecule has 0 saturated carbocycles. The summed E-state index contributed by atoms with van der Waals surface area (Å²) in [5, 5.41) is 7.86. The van der Waals surface area contributed by atoms with Crippen molar-refractivity contribution in [2.24, 2.45) is 5.73 Å². The third kappa shape index (κ3) is 3.18. The molecule has 19 heavy (non-hydrogen) atoms. The van der Waals surface area contributed by atoms with Gasteiger partial charge in [-0.15, -0.1) is 5.10 Å². The number of carbonyl (C=O) groups is 1. The van der Waals surface area contributed by atoms with Crippen molar-refractivity contribution in [2.75, 3.05) is 7.11 Å². The molecule has 0 spiro atoms. The molecule has 2 N–H and O–H groups in total. The molecule has 0 saturated heterocycles. The molecule has 2 rings (SSSR count). The quantitative estimate of drug-likeness (QED) is 0.897. The second kappa shape index (κ2) is 5.94. The fourth-order valence-corrected chi connectivity index (χ4v) is 2.19. The van der Waals surface area contributed by atoms with Crippen molar-refractivity contribution in [2.45, 2.75) is 12.6 Å². The highest BCUT2D eigenvalue weighted by Crippen LogP contribution is 2.21. The molecular weight excluding hydrogens is 312 g/mol. The lowest BCUT2D eigenvalue weighted by Gasteiger charge is -2.13. The van der Waals surface area contributed by atoms with Crippen LogP contribution < -0.4 is 5.73 Å². The molecule has 0 fully saturated rings. The third-order valence-corrected chi connectivity index (χ3v) is 3.04. The molecule has 1 atom stereocenters. The van der Waals surface area contributed by atoms with Gasteiger partial charge in [-0.05, 0) is 17.7 Å². The Kier molecular flexibility index (Phi) is 4.28. The molecule has 1 aromatic heterocycles. The van der Waals surface area contributed by atoms with E-state index in [0.717, 1.165) is 10.0 Å². The second-order valence-corrected chi connectivity index (χ2v) is 4.90. The average Bonchev–Trinajstić information content (AvgIpc) is 2.78. The number of amides is 1. The van der Waals surface area contributed by atoms with Crippen molar-refractivity contribution in [1.82, 2.24) is 15.0 Å². The monoisotopic (exact) mass is 324 g/mol. The minimum absolute atomic E-state index is 0.337. The first-order valence-corrected chi connectivity index (χ1v) is 6.35. The highest BCUT2D eigenvalue weighted by atomic mass is 79.9. The maximum atomic E-state index is 11.7. The van der Waals surface area contributed by atoms with E-state index in [1.54, 1.807) is 13.3 Å². The maximum Gasteiger partial charge on any atom is 0.246 e. The van der Waals surface area contributed by atoms with Crippen LogP contribution in [-0.2, 0) is 16.1 Å². The Labute approximate surface area is 118 Å². The van der Waals surface area contributed by atoms with Crippen LogP contribution in [0.5, 0.6) is 0 Å². The van der Waals surface area contributed by atoms with Gasteiger partial charge in [0.1, 0.15) is 5.69 Å². The van der Waals surface area contributed by atoms with Gasteiger partial charge in [-0.1, -0.05) is 33.3 Å². The van der Waals surface area contributed by atoms with Crippen LogP contribution in [0.2, 0.25) is 0 Å². The first-order valence-electron chi connectivity index (χ1n) is 5.56. The summed E-state index contributed by atoms with van der Waals surface area (Å²) in [6.45, 7) is 0.337. The summed E-state index contributed by atoms with van der Waals surface area (Å²) in [6, 6.07) is 6.67. The smallest absolute Gasteiger partial charge is 0.246 e. The average molecular weight is 325 g/mol. The van der Waals surface area contributed by atoms with Crippen molar-refractivity contribution in [3.05, 3.63) is 46.2 Å². The Morgan fingerprint density at radius 3 is 3.00 bits per heavy atom. The number of halogens is 1. The molecule has 1 heterocycles. The Balaban J connectivity index is 2.37. The summed E-state index contributed by atoms with van der Waals surface area (Å²) in [4.78, 5) is 11.7. The first-order chi connectivity index (χ1) is 9.11. The van der Waals surface area contributed by atoms with Crippen molar-refractivity contribution in [3.63, 3.8) is 0 Å². The van der Waals surface area contributed by atoms with Crippen LogP contribution in [0.1, 0.15) is 17.3 Å².